The number of halogens is 3. The van der Waals surface area contributed by atoms with Gasteiger partial charge in [-0.25, -0.2) is 9.97 Å². The summed E-state index contributed by atoms with van der Waals surface area (Å²) in [5.41, 5.74) is 5.60. The lowest BCUT2D eigenvalue weighted by Crippen LogP contribution is -2.17. The number of aromatic nitrogens is 2. The molecule has 23 heavy (non-hydrogen) atoms. The van der Waals surface area contributed by atoms with Crippen LogP contribution < -0.4 is 15.8 Å². The maximum Gasteiger partial charge on any atom is 0.573 e. The fourth-order valence-corrected chi connectivity index (χ4v) is 2.13. The third kappa shape index (κ3) is 3.42. The van der Waals surface area contributed by atoms with Crippen molar-refractivity contribution in [2.75, 3.05) is 11.1 Å². The predicted molar refractivity (Wildman–Crippen MR) is 80.4 cm³/mol. The van der Waals surface area contributed by atoms with E-state index in [-0.39, 0.29) is 11.1 Å². The first-order chi connectivity index (χ1) is 10.9. The molecule has 1 aromatic carbocycles. The van der Waals surface area contributed by atoms with Crippen molar-refractivity contribution >= 4 is 28.2 Å². The molecule has 0 bridgehead atoms. The van der Waals surface area contributed by atoms with E-state index < -0.39 is 6.36 Å². The third-order valence-corrected chi connectivity index (χ3v) is 3.01. The van der Waals surface area contributed by atoms with E-state index in [1.807, 2.05) is 0 Å². The molecule has 8 heteroatoms. The van der Waals surface area contributed by atoms with Gasteiger partial charge in [-0.1, -0.05) is 18.2 Å². The topological polar surface area (TPSA) is 73.1 Å². The summed E-state index contributed by atoms with van der Waals surface area (Å²) < 4.78 is 41.5. The van der Waals surface area contributed by atoms with E-state index in [0.29, 0.717) is 22.8 Å². The Hall–Kier alpha value is -3.03. The largest absolute Gasteiger partial charge is 0.573 e. The first-order valence-electron chi connectivity index (χ1n) is 6.55. The van der Waals surface area contributed by atoms with Crippen molar-refractivity contribution in [3.8, 4) is 5.75 Å². The van der Waals surface area contributed by atoms with Gasteiger partial charge in [0.05, 0.1) is 0 Å². The van der Waals surface area contributed by atoms with E-state index >= 15 is 0 Å². The highest BCUT2D eigenvalue weighted by atomic mass is 19.4. The molecule has 0 aliphatic rings. The monoisotopic (exact) mass is 320 g/mol. The molecule has 0 amide bonds. The van der Waals surface area contributed by atoms with E-state index in [1.165, 1.54) is 24.4 Å². The Balaban J connectivity index is 2.04. The second-order valence-electron chi connectivity index (χ2n) is 4.63. The lowest BCUT2D eigenvalue weighted by atomic mass is 10.1. The van der Waals surface area contributed by atoms with E-state index in [2.05, 4.69) is 20.0 Å². The van der Waals surface area contributed by atoms with Crippen molar-refractivity contribution in [3.05, 3.63) is 48.7 Å². The van der Waals surface area contributed by atoms with Crippen LogP contribution in [0.3, 0.4) is 0 Å². The number of hydrogen-bond acceptors (Lipinski definition) is 5. The maximum absolute atomic E-state index is 12.5. The molecule has 0 saturated heterocycles. The van der Waals surface area contributed by atoms with Crippen LogP contribution in [0.4, 0.5) is 30.6 Å². The van der Waals surface area contributed by atoms with Crippen molar-refractivity contribution in [3.63, 3.8) is 0 Å². The molecule has 0 atom stereocenters. The average Bonchev–Trinajstić information content (AvgIpc) is 2.47. The van der Waals surface area contributed by atoms with E-state index in [4.69, 9.17) is 5.73 Å². The molecule has 3 aromatic rings. The molecule has 0 saturated carbocycles. The number of ether oxygens (including phenoxy) is 1. The second-order valence-corrected chi connectivity index (χ2v) is 4.63. The summed E-state index contributed by atoms with van der Waals surface area (Å²) in [6.45, 7) is 0. The Morgan fingerprint density at radius 1 is 1.00 bits per heavy atom. The number of nitrogens with one attached hydrogen (secondary N) is 1. The molecule has 3 N–H and O–H groups in total. The predicted octanol–water partition coefficient (Wildman–Crippen LogP) is 3.85. The summed E-state index contributed by atoms with van der Waals surface area (Å²) in [5, 5.41) is 3.69. The van der Waals surface area contributed by atoms with Crippen molar-refractivity contribution < 1.29 is 17.9 Å². The van der Waals surface area contributed by atoms with E-state index in [0.717, 1.165) is 0 Å². The van der Waals surface area contributed by atoms with Crippen LogP contribution in [-0.4, -0.2) is 16.3 Å². The molecule has 5 nitrogen and oxygen atoms in total. The van der Waals surface area contributed by atoms with Gasteiger partial charge in [0.15, 0.2) is 0 Å². The fraction of sp³-hybridized carbons (Fsp3) is 0.0667. The van der Waals surface area contributed by atoms with Gasteiger partial charge in [-0.2, -0.15) is 0 Å². The smallest absolute Gasteiger partial charge is 0.405 e. The summed E-state index contributed by atoms with van der Waals surface area (Å²) in [7, 11) is 0. The lowest BCUT2D eigenvalue weighted by molar-refractivity contribution is -0.274. The molecular formula is C15H11F3N4O. The van der Waals surface area contributed by atoms with Gasteiger partial charge in [0, 0.05) is 17.0 Å². The van der Waals surface area contributed by atoms with Crippen molar-refractivity contribution in [1.29, 1.82) is 0 Å². The fourth-order valence-electron chi connectivity index (χ4n) is 2.13. The molecule has 0 unspecified atom stereocenters. The number of rotatable bonds is 3. The number of pyridine rings is 2. The zero-order valence-electron chi connectivity index (χ0n) is 11.6. The quantitative estimate of drug-likeness (QED) is 0.767. The van der Waals surface area contributed by atoms with Crippen LogP contribution in [-0.2, 0) is 0 Å². The van der Waals surface area contributed by atoms with Crippen molar-refractivity contribution in [2.45, 2.75) is 6.36 Å². The number of benzene rings is 1. The van der Waals surface area contributed by atoms with Gasteiger partial charge in [-0.05, 0) is 24.3 Å². The molecule has 0 fully saturated rings. The van der Waals surface area contributed by atoms with Crippen LogP contribution in [0, 0.1) is 0 Å². The van der Waals surface area contributed by atoms with E-state index in [1.54, 1.807) is 24.3 Å². The van der Waals surface area contributed by atoms with Crippen LogP contribution in [0.1, 0.15) is 0 Å². The molecule has 118 valence electrons. The molecule has 0 radical (unpaired) electrons. The van der Waals surface area contributed by atoms with Crippen LogP contribution in [0.25, 0.3) is 10.8 Å². The van der Waals surface area contributed by atoms with Crippen molar-refractivity contribution in [1.82, 2.24) is 9.97 Å². The first kappa shape index (κ1) is 14.9. The van der Waals surface area contributed by atoms with Gasteiger partial charge in [0.1, 0.15) is 23.2 Å². The standard InChI is InChI=1S/C15H11F3N4O/c16-15(17,18)23-11-4-1-3-10-9(11)7-8-20-14(10)22-13-6-2-5-12(19)21-13/h1-8H,(H3,19,20,21,22). The molecule has 2 heterocycles. The van der Waals surface area contributed by atoms with Gasteiger partial charge < -0.3 is 15.8 Å². The van der Waals surface area contributed by atoms with Gasteiger partial charge in [-0.3, -0.25) is 0 Å². The number of alkyl halides is 3. The summed E-state index contributed by atoms with van der Waals surface area (Å²) in [5.74, 6) is 0.817. The number of fused-ring (bicyclic) bond motifs is 1. The van der Waals surface area contributed by atoms with Crippen LogP contribution in [0.2, 0.25) is 0 Å². The van der Waals surface area contributed by atoms with Crippen LogP contribution >= 0.6 is 0 Å². The molecule has 0 aliphatic heterocycles. The summed E-state index contributed by atoms with van der Waals surface area (Å²) in [6, 6.07) is 10.8. The SMILES string of the molecule is Nc1cccc(Nc2nccc3c(OC(F)(F)F)cccc23)n1. The zero-order valence-corrected chi connectivity index (χ0v) is 11.6. The Labute approximate surface area is 128 Å². The number of anilines is 3. The highest BCUT2D eigenvalue weighted by molar-refractivity contribution is 5.96. The minimum absolute atomic E-state index is 0.284. The molecule has 0 spiro atoms. The highest BCUT2D eigenvalue weighted by Gasteiger charge is 2.31. The summed E-state index contributed by atoms with van der Waals surface area (Å²) in [4.78, 5) is 8.21. The number of nitrogens with two attached hydrogens (primary N) is 1. The maximum atomic E-state index is 12.5. The zero-order chi connectivity index (χ0) is 16.4. The van der Waals surface area contributed by atoms with Gasteiger partial charge in [0.2, 0.25) is 0 Å². The minimum Gasteiger partial charge on any atom is -0.405 e. The average molecular weight is 320 g/mol. The first-order valence-corrected chi connectivity index (χ1v) is 6.55. The third-order valence-electron chi connectivity index (χ3n) is 3.01. The van der Waals surface area contributed by atoms with Gasteiger partial charge >= 0.3 is 6.36 Å². The Bertz CT molecular complexity index is 851. The van der Waals surface area contributed by atoms with Gasteiger partial charge in [-0.15, -0.1) is 13.2 Å². The number of nitrogens with zero attached hydrogens (tertiary/aromatic N) is 2. The van der Waals surface area contributed by atoms with Crippen LogP contribution in [0.5, 0.6) is 5.75 Å². The Kier molecular flexibility index (Phi) is 3.65. The second kappa shape index (κ2) is 5.64. The highest BCUT2D eigenvalue weighted by Crippen LogP contribution is 2.33. The number of hydrogen-bond donors (Lipinski definition) is 2. The van der Waals surface area contributed by atoms with Gasteiger partial charge in [0.25, 0.3) is 0 Å². The van der Waals surface area contributed by atoms with Crippen LogP contribution in [0.15, 0.2) is 48.7 Å². The Morgan fingerprint density at radius 2 is 1.78 bits per heavy atom. The lowest BCUT2D eigenvalue weighted by Gasteiger charge is -2.13. The summed E-state index contributed by atoms with van der Waals surface area (Å²) in [6.07, 6.45) is -3.37. The molecule has 0 aliphatic carbocycles. The number of nitrogen functional groups attached to an aromatic ring is 1. The minimum atomic E-state index is -4.76. The normalized spacial score (nSPS) is 11.4. The molecule has 2 aromatic heterocycles. The van der Waals surface area contributed by atoms with Crippen molar-refractivity contribution in [2.24, 2.45) is 0 Å². The Morgan fingerprint density at radius 3 is 2.52 bits per heavy atom. The van der Waals surface area contributed by atoms with E-state index in [9.17, 15) is 13.2 Å². The molecule has 3 rings (SSSR count). The summed E-state index contributed by atoms with van der Waals surface area (Å²) >= 11 is 0. The molecular weight excluding hydrogens is 309 g/mol.